The molecule has 0 bridgehead atoms. The Bertz CT molecular complexity index is 1290. The molecule has 0 fully saturated rings. The lowest BCUT2D eigenvalue weighted by molar-refractivity contribution is 0.0920. The highest BCUT2D eigenvalue weighted by Crippen LogP contribution is 2.31. The molecule has 4 aromatic rings. The van der Waals surface area contributed by atoms with E-state index >= 15 is 0 Å². The van der Waals surface area contributed by atoms with Crippen LogP contribution in [0.5, 0.6) is 5.75 Å². The number of carbonyl (C=O) groups excluding carboxylic acids is 1. The number of ketones is 1. The highest BCUT2D eigenvalue weighted by atomic mass is 35.5. The summed E-state index contributed by atoms with van der Waals surface area (Å²) in [7, 11) is 0. The molecule has 0 aliphatic carbocycles. The first-order chi connectivity index (χ1) is 14.4. The third kappa shape index (κ3) is 4.00. The molecule has 0 atom stereocenters. The number of carbonyl (C=O) groups is 1. The van der Waals surface area contributed by atoms with Crippen LogP contribution < -0.4 is 10.2 Å². The summed E-state index contributed by atoms with van der Waals surface area (Å²) in [6.45, 7) is 3.62. The number of benzene rings is 3. The Kier molecular flexibility index (Phi) is 5.42. The van der Waals surface area contributed by atoms with Crippen molar-refractivity contribution in [3.05, 3.63) is 98.7 Å². The molecular weight excluding hydrogens is 400 g/mol. The van der Waals surface area contributed by atoms with Crippen molar-refractivity contribution in [1.29, 1.82) is 0 Å². The topological polar surface area (TPSA) is 56.5 Å². The summed E-state index contributed by atoms with van der Waals surface area (Å²) in [5.41, 5.74) is 3.39. The fourth-order valence-corrected chi connectivity index (χ4v) is 3.29. The molecule has 1 aromatic heterocycles. The summed E-state index contributed by atoms with van der Waals surface area (Å²) < 4.78 is 11.8. The number of hydrogen-bond acceptors (Lipinski definition) is 4. The van der Waals surface area contributed by atoms with E-state index in [1.807, 2.05) is 50.2 Å². The molecule has 4 rings (SSSR count). The second kappa shape index (κ2) is 8.17. The Morgan fingerprint density at radius 2 is 1.60 bits per heavy atom. The lowest BCUT2D eigenvalue weighted by atomic mass is 10.1. The van der Waals surface area contributed by atoms with Gasteiger partial charge in [-0.3, -0.25) is 9.59 Å². The molecule has 0 aliphatic heterocycles. The number of halogens is 1. The fraction of sp³-hybridized carbons (Fsp3) is 0.120. The monoisotopic (exact) mass is 418 g/mol. The summed E-state index contributed by atoms with van der Waals surface area (Å²) in [5, 5.41) is 0.949. The molecular formula is C25H19ClO4. The molecule has 0 saturated carbocycles. The van der Waals surface area contributed by atoms with Crippen molar-refractivity contribution in [2.75, 3.05) is 6.61 Å². The third-order valence-electron chi connectivity index (χ3n) is 4.83. The van der Waals surface area contributed by atoms with Gasteiger partial charge in [-0.25, -0.2) is 0 Å². The van der Waals surface area contributed by atoms with Crippen molar-refractivity contribution in [2.45, 2.75) is 13.8 Å². The predicted molar refractivity (Wildman–Crippen MR) is 119 cm³/mol. The molecule has 0 radical (unpaired) electrons. The molecule has 0 amide bonds. The number of rotatable bonds is 5. The number of fused-ring (bicyclic) bond motifs is 1. The standard InChI is InChI=1S/C25H19ClO4/c1-15-3-6-18(7-4-15)24-25(23(28)20-12-5-16(2)13-22(20)30-24)29-14-21(27)17-8-10-19(26)11-9-17/h3-13H,14H2,1-2H3. The van der Waals surface area contributed by atoms with Gasteiger partial charge in [0.2, 0.25) is 11.2 Å². The highest BCUT2D eigenvalue weighted by molar-refractivity contribution is 6.30. The molecule has 0 aliphatic rings. The van der Waals surface area contributed by atoms with Gasteiger partial charge in [-0.15, -0.1) is 0 Å². The van der Waals surface area contributed by atoms with Gasteiger partial charge in [0.15, 0.2) is 18.2 Å². The maximum Gasteiger partial charge on any atom is 0.235 e. The summed E-state index contributed by atoms with van der Waals surface area (Å²) in [6, 6.07) is 19.5. The van der Waals surface area contributed by atoms with Crippen LogP contribution >= 0.6 is 11.6 Å². The first-order valence-electron chi connectivity index (χ1n) is 9.48. The van der Waals surface area contributed by atoms with Crippen molar-refractivity contribution in [1.82, 2.24) is 0 Å². The Labute approximate surface area is 178 Å². The van der Waals surface area contributed by atoms with Gasteiger partial charge >= 0.3 is 0 Å². The molecule has 30 heavy (non-hydrogen) atoms. The van der Waals surface area contributed by atoms with Crippen LogP contribution in [-0.2, 0) is 0 Å². The molecule has 0 spiro atoms. The summed E-state index contributed by atoms with van der Waals surface area (Å²) in [4.78, 5) is 25.7. The molecule has 1 heterocycles. The van der Waals surface area contributed by atoms with Crippen molar-refractivity contribution in [3.63, 3.8) is 0 Å². The second-order valence-corrected chi connectivity index (χ2v) is 7.61. The lowest BCUT2D eigenvalue weighted by Gasteiger charge is -2.12. The minimum absolute atomic E-state index is 0.0255. The second-order valence-electron chi connectivity index (χ2n) is 7.17. The first-order valence-corrected chi connectivity index (χ1v) is 9.86. The van der Waals surface area contributed by atoms with E-state index in [-0.39, 0.29) is 23.6 Å². The van der Waals surface area contributed by atoms with Crippen molar-refractivity contribution < 1.29 is 13.9 Å². The Hall–Kier alpha value is -3.37. The van der Waals surface area contributed by atoms with Gasteiger partial charge in [-0.1, -0.05) is 47.5 Å². The molecule has 0 saturated heterocycles. The van der Waals surface area contributed by atoms with E-state index in [9.17, 15) is 9.59 Å². The van der Waals surface area contributed by atoms with Crippen molar-refractivity contribution in [2.24, 2.45) is 0 Å². The summed E-state index contributed by atoms with van der Waals surface area (Å²) >= 11 is 5.88. The van der Waals surface area contributed by atoms with Crippen LogP contribution in [-0.4, -0.2) is 12.4 Å². The lowest BCUT2D eigenvalue weighted by Crippen LogP contribution is -2.17. The van der Waals surface area contributed by atoms with Crippen LogP contribution in [0, 0.1) is 13.8 Å². The van der Waals surface area contributed by atoms with Gasteiger partial charge in [0.05, 0.1) is 5.39 Å². The van der Waals surface area contributed by atoms with E-state index < -0.39 is 0 Å². The predicted octanol–water partition coefficient (Wildman–Crippen LogP) is 5.99. The van der Waals surface area contributed by atoms with Crippen LogP contribution in [0.2, 0.25) is 5.02 Å². The van der Waals surface area contributed by atoms with E-state index in [1.54, 1.807) is 30.3 Å². The maximum atomic E-state index is 13.2. The number of aryl methyl sites for hydroxylation is 2. The fourth-order valence-electron chi connectivity index (χ4n) is 3.17. The van der Waals surface area contributed by atoms with Crippen LogP contribution in [0.15, 0.2) is 75.9 Å². The number of Topliss-reactive ketones (excluding diaryl/α,β-unsaturated/α-hetero) is 1. The first kappa shape index (κ1) is 19.9. The van der Waals surface area contributed by atoms with Gasteiger partial charge in [-0.05, 0) is 55.8 Å². The van der Waals surface area contributed by atoms with Crippen LogP contribution in [0.1, 0.15) is 21.5 Å². The van der Waals surface area contributed by atoms with Crippen molar-refractivity contribution >= 4 is 28.4 Å². The van der Waals surface area contributed by atoms with E-state index in [1.165, 1.54) is 0 Å². The zero-order valence-electron chi connectivity index (χ0n) is 16.6. The Morgan fingerprint density at radius 1 is 0.933 bits per heavy atom. The van der Waals surface area contributed by atoms with Crippen molar-refractivity contribution in [3.8, 4) is 17.1 Å². The van der Waals surface area contributed by atoms with Gasteiger partial charge < -0.3 is 9.15 Å². The number of ether oxygens (including phenoxy) is 1. The van der Waals surface area contributed by atoms with Crippen LogP contribution in [0.3, 0.4) is 0 Å². The normalized spacial score (nSPS) is 10.9. The molecule has 4 nitrogen and oxygen atoms in total. The number of hydrogen-bond donors (Lipinski definition) is 0. The summed E-state index contributed by atoms with van der Waals surface area (Å²) in [5.74, 6) is 0.0736. The molecule has 0 unspecified atom stereocenters. The summed E-state index contributed by atoms with van der Waals surface area (Å²) in [6.07, 6.45) is 0. The maximum absolute atomic E-state index is 13.2. The van der Waals surface area contributed by atoms with Gasteiger partial charge in [0.1, 0.15) is 5.58 Å². The largest absolute Gasteiger partial charge is 0.478 e. The molecule has 5 heteroatoms. The quantitative estimate of drug-likeness (QED) is 0.373. The van der Waals surface area contributed by atoms with Gasteiger partial charge in [0.25, 0.3) is 0 Å². The molecule has 0 N–H and O–H groups in total. The third-order valence-corrected chi connectivity index (χ3v) is 5.09. The van der Waals surface area contributed by atoms with E-state index in [0.717, 1.165) is 11.1 Å². The minimum Gasteiger partial charge on any atom is -0.478 e. The van der Waals surface area contributed by atoms with E-state index in [0.29, 0.717) is 32.9 Å². The smallest absolute Gasteiger partial charge is 0.235 e. The van der Waals surface area contributed by atoms with E-state index in [2.05, 4.69) is 0 Å². The van der Waals surface area contributed by atoms with Gasteiger partial charge in [-0.2, -0.15) is 0 Å². The molecule has 3 aromatic carbocycles. The SMILES string of the molecule is Cc1ccc(-c2oc3cc(C)ccc3c(=O)c2OCC(=O)c2ccc(Cl)cc2)cc1. The Morgan fingerprint density at radius 3 is 2.30 bits per heavy atom. The minimum atomic E-state index is -0.310. The average Bonchev–Trinajstić information content (AvgIpc) is 2.73. The molecule has 150 valence electrons. The van der Waals surface area contributed by atoms with Crippen LogP contribution in [0.4, 0.5) is 0 Å². The average molecular weight is 419 g/mol. The highest BCUT2D eigenvalue weighted by Gasteiger charge is 2.19. The van der Waals surface area contributed by atoms with Crippen LogP contribution in [0.25, 0.3) is 22.3 Å². The zero-order valence-corrected chi connectivity index (χ0v) is 17.3. The van der Waals surface area contributed by atoms with E-state index in [4.69, 9.17) is 20.8 Å². The zero-order chi connectivity index (χ0) is 21.3. The Balaban J connectivity index is 1.77. The van der Waals surface area contributed by atoms with Gasteiger partial charge in [0, 0.05) is 16.1 Å².